The number of hydrogen-bond acceptors (Lipinski definition) is 4. The second-order valence-electron chi connectivity index (χ2n) is 5.12. The van der Waals surface area contributed by atoms with E-state index < -0.39 is 10.3 Å². The fourth-order valence-corrected chi connectivity index (χ4v) is 3.21. The van der Waals surface area contributed by atoms with Gasteiger partial charge in [0.05, 0.1) is 0 Å². The molecule has 1 atom stereocenters. The molecule has 0 saturated carbocycles. The van der Waals surface area contributed by atoms with Gasteiger partial charge in [-0.3, -0.25) is 9.59 Å². The number of carbonyl (C=O) groups is 2. The Morgan fingerprint density at radius 3 is 2.56 bits per heavy atom. The Hall–Kier alpha value is -0.770. The number of carbonyl (C=O) groups excluding carboxylic acids is 2. The maximum absolute atomic E-state index is 12.2. The van der Waals surface area contributed by atoms with E-state index in [9.17, 15) is 9.59 Å². The second kappa shape index (κ2) is 3.62. The van der Waals surface area contributed by atoms with E-state index in [1.165, 1.54) is 17.3 Å². The number of thioether (sulfide) groups is 1. The molecule has 0 amide bonds. The second-order valence-corrected chi connectivity index (χ2v) is 6.39. The molecule has 1 fully saturated rings. The summed E-state index contributed by atoms with van der Waals surface area (Å²) in [6, 6.07) is 0. The van der Waals surface area contributed by atoms with Crippen LogP contribution in [-0.2, 0) is 14.3 Å². The van der Waals surface area contributed by atoms with Gasteiger partial charge in [-0.1, -0.05) is 11.6 Å². The van der Waals surface area contributed by atoms with Crippen LogP contribution in [0.3, 0.4) is 0 Å². The van der Waals surface area contributed by atoms with E-state index in [1.807, 2.05) is 13.0 Å². The molecule has 2 heterocycles. The maximum Gasteiger partial charge on any atom is 0.330 e. The third-order valence-corrected chi connectivity index (χ3v) is 4.67. The SMILES string of the molecule is CC1=CCC2(SC1)C(=O)CC(C)(C)OC2=O. The minimum absolute atomic E-state index is 0.0162. The lowest BCUT2D eigenvalue weighted by Crippen LogP contribution is -2.55. The zero-order valence-corrected chi connectivity index (χ0v) is 10.6. The van der Waals surface area contributed by atoms with Gasteiger partial charge in [0.25, 0.3) is 0 Å². The summed E-state index contributed by atoms with van der Waals surface area (Å²) in [6.45, 7) is 5.58. The zero-order chi connectivity index (χ0) is 12.0. The monoisotopic (exact) mass is 240 g/mol. The molecule has 0 aromatic rings. The van der Waals surface area contributed by atoms with E-state index in [2.05, 4.69) is 0 Å². The molecule has 1 unspecified atom stereocenters. The Labute approximate surface area is 99.6 Å². The molecule has 0 N–H and O–H groups in total. The Bertz CT molecular complexity index is 362. The quantitative estimate of drug-likeness (QED) is 0.369. The van der Waals surface area contributed by atoms with Crippen LogP contribution in [-0.4, -0.2) is 27.9 Å². The van der Waals surface area contributed by atoms with Gasteiger partial charge in [0, 0.05) is 12.2 Å². The van der Waals surface area contributed by atoms with Crippen molar-refractivity contribution in [2.24, 2.45) is 0 Å². The highest BCUT2D eigenvalue weighted by Crippen LogP contribution is 2.43. The van der Waals surface area contributed by atoms with Crippen molar-refractivity contribution >= 4 is 23.5 Å². The summed E-state index contributed by atoms with van der Waals surface area (Å²) in [4.78, 5) is 24.2. The fourth-order valence-electron chi connectivity index (χ4n) is 2.02. The molecule has 0 aliphatic carbocycles. The molecule has 2 rings (SSSR count). The molecule has 88 valence electrons. The van der Waals surface area contributed by atoms with Crippen molar-refractivity contribution in [3.8, 4) is 0 Å². The maximum atomic E-state index is 12.2. The number of hydrogen-bond donors (Lipinski definition) is 0. The van der Waals surface area contributed by atoms with Crippen molar-refractivity contribution in [1.82, 2.24) is 0 Å². The lowest BCUT2D eigenvalue weighted by molar-refractivity contribution is -0.170. The van der Waals surface area contributed by atoms with Crippen molar-refractivity contribution in [2.45, 2.75) is 44.0 Å². The molecule has 2 aliphatic heterocycles. The van der Waals surface area contributed by atoms with Crippen molar-refractivity contribution in [3.63, 3.8) is 0 Å². The molecule has 0 radical (unpaired) electrons. The molecular weight excluding hydrogens is 224 g/mol. The van der Waals surface area contributed by atoms with E-state index in [0.717, 1.165) is 5.75 Å². The van der Waals surface area contributed by atoms with Gasteiger partial charge >= 0.3 is 5.97 Å². The molecular formula is C12H16O3S. The van der Waals surface area contributed by atoms with Gasteiger partial charge in [-0.05, 0) is 27.2 Å². The van der Waals surface area contributed by atoms with Crippen LogP contribution in [0.15, 0.2) is 11.6 Å². The average molecular weight is 240 g/mol. The molecule has 2 aliphatic rings. The van der Waals surface area contributed by atoms with Gasteiger partial charge < -0.3 is 4.74 Å². The Balaban J connectivity index is 2.29. The average Bonchev–Trinajstić information content (AvgIpc) is 2.15. The van der Waals surface area contributed by atoms with Crippen molar-refractivity contribution < 1.29 is 14.3 Å². The highest BCUT2D eigenvalue weighted by atomic mass is 32.2. The normalized spacial score (nSPS) is 33.6. The Morgan fingerprint density at radius 1 is 1.38 bits per heavy atom. The first kappa shape index (κ1) is 11.7. The number of rotatable bonds is 0. The first-order valence-electron chi connectivity index (χ1n) is 5.42. The van der Waals surface area contributed by atoms with Gasteiger partial charge in [-0.15, -0.1) is 11.8 Å². The van der Waals surface area contributed by atoms with Crippen LogP contribution in [0.1, 0.15) is 33.6 Å². The third-order valence-electron chi connectivity index (χ3n) is 3.02. The first-order valence-corrected chi connectivity index (χ1v) is 6.41. The van der Waals surface area contributed by atoms with Crippen LogP contribution in [0.25, 0.3) is 0 Å². The molecule has 0 aromatic heterocycles. The summed E-state index contributed by atoms with van der Waals surface area (Å²) in [5, 5.41) is 0. The summed E-state index contributed by atoms with van der Waals surface area (Å²) in [7, 11) is 0. The van der Waals surface area contributed by atoms with E-state index in [4.69, 9.17) is 4.74 Å². The molecule has 16 heavy (non-hydrogen) atoms. The van der Waals surface area contributed by atoms with Crippen LogP contribution in [0, 0.1) is 0 Å². The van der Waals surface area contributed by atoms with Gasteiger partial charge in [0.1, 0.15) is 5.60 Å². The zero-order valence-electron chi connectivity index (χ0n) is 9.83. The number of cyclic esters (lactones) is 1. The summed E-state index contributed by atoms with van der Waals surface area (Å²) in [6.07, 6.45) is 2.78. The Morgan fingerprint density at radius 2 is 2.06 bits per heavy atom. The highest BCUT2D eigenvalue weighted by Gasteiger charge is 2.54. The molecule has 0 aromatic carbocycles. The molecule has 1 spiro atoms. The lowest BCUT2D eigenvalue weighted by Gasteiger charge is -2.41. The Kier molecular flexibility index (Phi) is 2.65. The van der Waals surface area contributed by atoms with Crippen molar-refractivity contribution in [1.29, 1.82) is 0 Å². The van der Waals surface area contributed by atoms with Crippen LogP contribution in [0.5, 0.6) is 0 Å². The van der Waals surface area contributed by atoms with E-state index >= 15 is 0 Å². The molecule has 3 nitrogen and oxygen atoms in total. The minimum atomic E-state index is -0.949. The van der Waals surface area contributed by atoms with Crippen LogP contribution in [0.4, 0.5) is 0 Å². The molecule has 1 saturated heterocycles. The smallest absolute Gasteiger partial charge is 0.330 e. The largest absolute Gasteiger partial charge is 0.458 e. The first-order chi connectivity index (χ1) is 7.36. The summed E-state index contributed by atoms with van der Waals surface area (Å²) in [5.41, 5.74) is 0.581. The van der Waals surface area contributed by atoms with Gasteiger partial charge in [-0.2, -0.15) is 0 Å². The third kappa shape index (κ3) is 1.79. The molecule has 0 bridgehead atoms. The van der Waals surface area contributed by atoms with E-state index in [0.29, 0.717) is 12.8 Å². The van der Waals surface area contributed by atoms with Crippen LogP contribution < -0.4 is 0 Å². The number of allylic oxidation sites excluding steroid dienone is 1. The number of esters is 1. The number of Topliss-reactive ketones (excluding diaryl/α,β-unsaturated/α-hetero) is 1. The molecule has 4 heteroatoms. The summed E-state index contributed by atoms with van der Waals surface area (Å²) < 4.78 is 4.41. The van der Waals surface area contributed by atoms with Gasteiger partial charge in [0.2, 0.25) is 0 Å². The van der Waals surface area contributed by atoms with Crippen molar-refractivity contribution in [2.75, 3.05) is 5.75 Å². The minimum Gasteiger partial charge on any atom is -0.458 e. The summed E-state index contributed by atoms with van der Waals surface area (Å²) >= 11 is 1.42. The standard InChI is InChI=1S/C12H16O3S/c1-8-4-5-12(16-7-8)9(13)6-11(2,3)15-10(12)14/h4H,5-7H2,1-3H3. The predicted octanol–water partition coefficient (Wildman–Crippen LogP) is 2.10. The summed E-state index contributed by atoms with van der Waals surface area (Å²) in [5.74, 6) is 0.395. The lowest BCUT2D eigenvalue weighted by atomic mass is 9.86. The van der Waals surface area contributed by atoms with E-state index in [-0.39, 0.29) is 11.8 Å². The number of ether oxygens (including phenoxy) is 1. The van der Waals surface area contributed by atoms with Crippen LogP contribution >= 0.6 is 11.8 Å². The van der Waals surface area contributed by atoms with Gasteiger partial charge in [0.15, 0.2) is 10.5 Å². The number of ketones is 1. The fraction of sp³-hybridized carbons (Fsp3) is 0.667. The van der Waals surface area contributed by atoms with Crippen molar-refractivity contribution in [3.05, 3.63) is 11.6 Å². The van der Waals surface area contributed by atoms with Gasteiger partial charge in [-0.25, -0.2) is 0 Å². The van der Waals surface area contributed by atoms with E-state index in [1.54, 1.807) is 13.8 Å². The predicted molar refractivity (Wildman–Crippen MR) is 63.4 cm³/mol. The highest BCUT2D eigenvalue weighted by molar-refractivity contribution is 8.02. The van der Waals surface area contributed by atoms with Crippen LogP contribution in [0.2, 0.25) is 0 Å². The topological polar surface area (TPSA) is 43.4 Å².